The zero-order valence-electron chi connectivity index (χ0n) is 19.3. The summed E-state index contributed by atoms with van der Waals surface area (Å²) in [5, 5.41) is 0. The molecule has 0 unspecified atom stereocenters. The highest BCUT2D eigenvalue weighted by molar-refractivity contribution is 5.70. The number of methoxy groups -OCH3 is 2. The molecule has 3 atom stereocenters. The van der Waals surface area contributed by atoms with Crippen molar-refractivity contribution in [3.05, 3.63) is 47.0 Å². The molecule has 32 heavy (non-hydrogen) atoms. The maximum Gasteiger partial charge on any atom is 0.164 e. The quantitative estimate of drug-likeness (QED) is 0.632. The molecule has 0 aromatic heterocycles. The summed E-state index contributed by atoms with van der Waals surface area (Å²) in [5.74, 6) is 3.72. The molecule has 0 spiro atoms. The highest BCUT2D eigenvalue weighted by Crippen LogP contribution is 2.54. The van der Waals surface area contributed by atoms with E-state index in [0.717, 1.165) is 40.4 Å². The second kappa shape index (κ2) is 7.93. The van der Waals surface area contributed by atoms with E-state index in [4.69, 9.17) is 28.4 Å². The Labute approximate surface area is 189 Å². The van der Waals surface area contributed by atoms with Crippen LogP contribution in [0.5, 0.6) is 28.7 Å². The third kappa shape index (κ3) is 3.37. The van der Waals surface area contributed by atoms with Gasteiger partial charge in [0.05, 0.1) is 31.8 Å². The van der Waals surface area contributed by atoms with E-state index in [1.165, 1.54) is 0 Å². The van der Waals surface area contributed by atoms with Gasteiger partial charge in [-0.1, -0.05) is 6.92 Å². The SMILES string of the molecule is CCCO[C@@H]1c2ccc3c(c2O[C@@H]2COc4cc(OC)c(OC)cc4[C@H]12)C=CC(C)(C)O3. The maximum atomic E-state index is 6.59. The van der Waals surface area contributed by atoms with Crippen LogP contribution in [0.1, 0.15) is 55.9 Å². The molecule has 3 aliphatic rings. The molecule has 5 rings (SSSR count). The molecule has 3 heterocycles. The van der Waals surface area contributed by atoms with Crippen LogP contribution in [0.25, 0.3) is 6.08 Å². The van der Waals surface area contributed by atoms with Crippen LogP contribution in [-0.4, -0.2) is 39.1 Å². The Balaban J connectivity index is 1.63. The molecule has 0 amide bonds. The van der Waals surface area contributed by atoms with Crippen LogP contribution >= 0.6 is 0 Å². The van der Waals surface area contributed by atoms with Crippen molar-refractivity contribution in [1.29, 1.82) is 0 Å². The first kappa shape index (κ1) is 21.0. The summed E-state index contributed by atoms with van der Waals surface area (Å²) < 4.78 is 36.4. The van der Waals surface area contributed by atoms with E-state index in [9.17, 15) is 0 Å². The van der Waals surface area contributed by atoms with Gasteiger partial charge in [0.25, 0.3) is 0 Å². The topological polar surface area (TPSA) is 55.4 Å². The summed E-state index contributed by atoms with van der Waals surface area (Å²) in [5.41, 5.74) is 2.66. The Hall–Kier alpha value is -2.86. The third-order valence-electron chi connectivity index (χ3n) is 6.29. The molecule has 0 fully saturated rings. The van der Waals surface area contributed by atoms with Crippen molar-refractivity contribution in [2.45, 2.75) is 50.9 Å². The van der Waals surface area contributed by atoms with Gasteiger partial charge in [0, 0.05) is 23.8 Å². The Morgan fingerprint density at radius 1 is 1.03 bits per heavy atom. The number of hydrogen-bond donors (Lipinski definition) is 0. The molecule has 3 aliphatic heterocycles. The van der Waals surface area contributed by atoms with E-state index in [2.05, 4.69) is 25.1 Å². The number of fused-ring (bicyclic) bond motifs is 6. The molecule has 2 aromatic rings. The van der Waals surface area contributed by atoms with Crippen LogP contribution in [-0.2, 0) is 4.74 Å². The summed E-state index contributed by atoms with van der Waals surface area (Å²) >= 11 is 0. The van der Waals surface area contributed by atoms with Crippen LogP contribution < -0.4 is 23.7 Å². The number of ether oxygens (including phenoxy) is 6. The van der Waals surface area contributed by atoms with Crippen molar-refractivity contribution in [2.24, 2.45) is 0 Å². The van der Waals surface area contributed by atoms with Gasteiger partial charge in [-0.3, -0.25) is 0 Å². The van der Waals surface area contributed by atoms with Crippen molar-refractivity contribution in [3.8, 4) is 28.7 Å². The Morgan fingerprint density at radius 2 is 1.81 bits per heavy atom. The lowest BCUT2D eigenvalue weighted by Crippen LogP contribution is -2.43. The van der Waals surface area contributed by atoms with Gasteiger partial charge in [-0.05, 0) is 50.6 Å². The maximum absolute atomic E-state index is 6.59. The fourth-order valence-corrected chi connectivity index (χ4v) is 4.79. The first-order valence-electron chi connectivity index (χ1n) is 11.2. The lowest BCUT2D eigenvalue weighted by atomic mass is 9.79. The molecule has 0 N–H and O–H groups in total. The van der Waals surface area contributed by atoms with Crippen molar-refractivity contribution in [1.82, 2.24) is 0 Å². The van der Waals surface area contributed by atoms with Crippen molar-refractivity contribution >= 4 is 6.08 Å². The molecule has 0 saturated carbocycles. The zero-order valence-corrected chi connectivity index (χ0v) is 19.3. The zero-order chi connectivity index (χ0) is 22.5. The van der Waals surface area contributed by atoms with Crippen molar-refractivity contribution in [3.63, 3.8) is 0 Å². The normalized spacial score (nSPS) is 24.0. The van der Waals surface area contributed by atoms with Gasteiger partial charge >= 0.3 is 0 Å². The molecule has 170 valence electrons. The first-order chi connectivity index (χ1) is 15.5. The molecule has 6 nitrogen and oxygen atoms in total. The van der Waals surface area contributed by atoms with Gasteiger partial charge in [0.2, 0.25) is 0 Å². The summed E-state index contributed by atoms with van der Waals surface area (Å²) in [7, 11) is 3.27. The minimum atomic E-state index is -0.348. The number of benzene rings is 2. The summed E-state index contributed by atoms with van der Waals surface area (Å²) in [6.45, 7) is 7.30. The van der Waals surface area contributed by atoms with Gasteiger partial charge in [0.1, 0.15) is 35.6 Å². The molecule has 0 bridgehead atoms. The summed E-state index contributed by atoms with van der Waals surface area (Å²) in [4.78, 5) is 0. The Kier molecular flexibility index (Phi) is 5.20. The van der Waals surface area contributed by atoms with E-state index in [1.807, 2.05) is 32.0 Å². The van der Waals surface area contributed by atoms with E-state index in [0.29, 0.717) is 24.7 Å². The van der Waals surface area contributed by atoms with E-state index >= 15 is 0 Å². The second-order valence-corrected chi connectivity index (χ2v) is 8.96. The standard InChI is InChI=1S/C26H30O6/c1-6-11-29-25-16-7-8-18-15(9-10-26(2,3)32-18)24(16)31-22-14-30-19-13-21(28-5)20(27-4)12-17(19)23(22)25/h7-10,12-13,22-23,25H,6,11,14H2,1-5H3/t22-,23+,25-/m1/s1. The highest BCUT2D eigenvalue weighted by Gasteiger charge is 2.46. The number of hydrogen-bond acceptors (Lipinski definition) is 6. The minimum Gasteiger partial charge on any atom is -0.493 e. The van der Waals surface area contributed by atoms with E-state index < -0.39 is 0 Å². The highest BCUT2D eigenvalue weighted by atomic mass is 16.6. The molecule has 0 saturated heterocycles. The average Bonchev–Trinajstić information content (AvgIpc) is 2.79. The molecule has 0 radical (unpaired) electrons. The third-order valence-corrected chi connectivity index (χ3v) is 6.29. The van der Waals surface area contributed by atoms with Gasteiger partial charge < -0.3 is 28.4 Å². The van der Waals surface area contributed by atoms with Gasteiger partial charge in [0.15, 0.2) is 11.5 Å². The predicted molar refractivity (Wildman–Crippen MR) is 121 cm³/mol. The molecule has 0 aliphatic carbocycles. The first-order valence-corrected chi connectivity index (χ1v) is 11.2. The lowest BCUT2D eigenvalue weighted by Gasteiger charge is -2.44. The van der Waals surface area contributed by atoms with Crippen LogP contribution in [0.2, 0.25) is 0 Å². The monoisotopic (exact) mass is 438 g/mol. The molecular formula is C26H30O6. The van der Waals surface area contributed by atoms with Gasteiger partial charge in [-0.15, -0.1) is 0 Å². The van der Waals surface area contributed by atoms with Crippen LogP contribution in [0.15, 0.2) is 30.3 Å². The smallest absolute Gasteiger partial charge is 0.164 e. The molecular weight excluding hydrogens is 408 g/mol. The van der Waals surface area contributed by atoms with Crippen molar-refractivity contribution in [2.75, 3.05) is 27.4 Å². The minimum absolute atomic E-state index is 0.0272. The van der Waals surface area contributed by atoms with Crippen LogP contribution in [0.3, 0.4) is 0 Å². The molecule has 2 aromatic carbocycles. The summed E-state index contributed by atoms with van der Waals surface area (Å²) in [6.07, 6.45) is 4.74. The fraction of sp³-hybridized carbons (Fsp3) is 0.462. The van der Waals surface area contributed by atoms with Gasteiger partial charge in [-0.2, -0.15) is 0 Å². The largest absolute Gasteiger partial charge is 0.493 e. The Bertz CT molecular complexity index is 1060. The van der Waals surface area contributed by atoms with Crippen LogP contribution in [0, 0.1) is 0 Å². The van der Waals surface area contributed by atoms with Gasteiger partial charge in [-0.25, -0.2) is 0 Å². The predicted octanol–water partition coefficient (Wildman–Crippen LogP) is 5.29. The van der Waals surface area contributed by atoms with Crippen molar-refractivity contribution < 1.29 is 28.4 Å². The second-order valence-electron chi connectivity index (χ2n) is 8.96. The molecule has 6 heteroatoms. The van der Waals surface area contributed by atoms with E-state index in [-0.39, 0.29) is 23.7 Å². The average molecular weight is 439 g/mol. The Morgan fingerprint density at radius 3 is 2.56 bits per heavy atom. The lowest BCUT2D eigenvalue weighted by molar-refractivity contribution is -0.0405. The fourth-order valence-electron chi connectivity index (χ4n) is 4.79. The number of rotatable bonds is 5. The van der Waals surface area contributed by atoms with Crippen LogP contribution in [0.4, 0.5) is 0 Å². The summed E-state index contributed by atoms with van der Waals surface area (Å²) in [6, 6.07) is 7.99. The van der Waals surface area contributed by atoms with E-state index in [1.54, 1.807) is 14.2 Å².